The standard InChI is InChI=1S/C22H22F2N4O2/c1-14-2-7-19(18(24)12-14)25-20(29)13-28-10-8-16(9-11-28)22-26-21(27-30-22)15-3-5-17(23)6-4-15/h2-7,12,16H,8-11,13H2,1H3,(H,25,29). The Kier molecular flexibility index (Phi) is 5.85. The maximum absolute atomic E-state index is 13.9. The molecule has 1 aliphatic rings. The Bertz CT molecular complexity index is 1030. The van der Waals surface area contributed by atoms with Gasteiger partial charge >= 0.3 is 0 Å². The number of nitrogens with zero attached hydrogens (tertiary/aromatic N) is 3. The molecule has 3 aromatic rings. The van der Waals surface area contributed by atoms with Gasteiger partial charge in [0.05, 0.1) is 12.2 Å². The van der Waals surface area contributed by atoms with Gasteiger partial charge < -0.3 is 9.84 Å². The van der Waals surface area contributed by atoms with Crippen LogP contribution in [0.1, 0.15) is 30.2 Å². The van der Waals surface area contributed by atoms with Gasteiger partial charge in [-0.05, 0) is 74.8 Å². The predicted molar refractivity (Wildman–Crippen MR) is 108 cm³/mol. The number of piperidine rings is 1. The number of carbonyl (C=O) groups excluding carboxylic acids is 1. The van der Waals surface area contributed by atoms with Crippen LogP contribution in [0.15, 0.2) is 47.0 Å². The molecule has 156 valence electrons. The Hall–Kier alpha value is -3.13. The van der Waals surface area contributed by atoms with Gasteiger partial charge in [0, 0.05) is 11.5 Å². The van der Waals surface area contributed by atoms with E-state index in [1.165, 1.54) is 18.2 Å². The average Bonchev–Trinajstić information content (AvgIpc) is 3.21. The minimum atomic E-state index is -0.435. The van der Waals surface area contributed by atoms with Crippen molar-refractivity contribution in [1.29, 1.82) is 0 Å². The zero-order valence-electron chi connectivity index (χ0n) is 16.6. The summed E-state index contributed by atoms with van der Waals surface area (Å²) in [5, 5.41) is 6.63. The lowest BCUT2D eigenvalue weighted by Gasteiger charge is -2.29. The molecule has 1 aromatic heterocycles. The zero-order valence-corrected chi connectivity index (χ0v) is 16.6. The van der Waals surface area contributed by atoms with E-state index in [-0.39, 0.29) is 29.9 Å². The number of aromatic nitrogens is 2. The van der Waals surface area contributed by atoms with Crippen molar-refractivity contribution in [2.24, 2.45) is 0 Å². The fourth-order valence-electron chi connectivity index (χ4n) is 3.57. The number of hydrogen-bond donors (Lipinski definition) is 1. The second kappa shape index (κ2) is 8.71. The summed E-state index contributed by atoms with van der Waals surface area (Å²) in [6, 6.07) is 10.7. The van der Waals surface area contributed by atoms with Crippen molar-refractivity contribution in [2.75, 3.05) is 25.0 Å². The summed E-state index contributed by atoms with van der Waals surface area (Å²) in [6.07, 6.45) is 1.55. The van der Waals surface area contributed by atoms with E-state index in [0.29, 0.717) is 30.4 Å². The van der Waals surface area contributed by atoms with E-state index >= 15 is 0 Å². The summed E-state index contributed by atoms with van der Waals surface area (Å²) in [4.78, 5) is 18.7. The summed E-state index contributed by atoms with van der Waals surface area (Å²) in [6.45, 7) is 3.39. The number of amides is 1. The highest BCUT2D eigenvalue weighted by Gasteiger charge is 2.26. The van der Waals surface area contributed by atoms with Gasteiger partial charge in [0.25, 0.3) is 0 Å². The largest absolute Gasteiger partial charge is 0.339 e. The smallest absolute Gasteiger partial charge is 0.238 e. The van der Waals surface area contributed by atoms with Crippen LogP contribution < -0.4 is 5.32 Å². The molecule has 0 spiro atoms. The van der Waals surface area contributed by atoms with E-state index in [9.17, 15) is 13.6 Å². The summed E-state index contributed by atoms with van der Waals surface area (Å²) >= 11 is 0. The lowest BCUT2D eigenvalue weighted by atomic mass is 9.97. The molecule has 1 N–H and O–H groups in total. The average molecular weight is 412 g/mol. The number of halogens is 2. The van der Waals surface area contributed by atoms with Crippen LogP contribution >= 0.6 is 0 Å². The van der Waals surface area contributed by atoms with Gasteiger partial charge in [0.15, 0.2) is 0 Å². The second-order valence-corrected chi connectivity index (χ2v) is 7.55. The van der Waals surface area contributed by atoms with Gasteiger partial charge in [-0.25, -0.2) is 8.78 Å². The Balaban J connectivity index is 1.30. The van der Waals surface area contributed by atoms with Crippen LogP contribution in [0.3, 0.4) is 0 Å². The van der Waals surface area contributed by atoms with Crippen molar-refractivity contribution < 1.29 is 18.1 Å². The maximum Gasteiger partial charge on any atom is 0.238 e. The normalized spacial score (nSPS) is 15.3. The van der Waals surface area contributed by atoms with E-state index < -0.39 is 5.82 Å². The molecule has 0 radical (unpaired) electrons. The van der Waals surface area contributed by atoms with Crippen LogP contribution in [0.25, 0.3) is 11.4 Å². The molecule has 1 fully saturated rings. The molecule has 0 bridgehead atoms. The van der Waals surface area contributed by atoms with Crippen LogP contribution in [-0.4, -0.2) is 40.6 Å². The fourth-order valence-corrected chi connectivity index (χ4v) is 3.57. The van der Waals surface area contributed by atoms with Crippen molar-refractivity contribution in [3.63, 3.8) is 0 Å². The third kappa shape index (κ3) is 4.71. The molecule has 0 unspecified atom stereocenters. The van der Waals surface area contributed by atoms with Crippen LogP contribution in [0, 0.1) is 18.6 Å². The zero-order chi connectivity index (χ0) is 21.1. The van der Waals surface area contributed by atoms with Crippen LogP contribution in [0.5, 0.6) is 0 Å². The number of likely N-dealkylation sites (tertiary alicyclic amines) is 1. The number of aryl methyl sites for hydroxylation is 1. The van der Waals surface area contributed by atoms with Gasteiger partial charge in [-0.1, -0.05) is 11.2 Å². The molecule has 1 aliphatic heterocycles. The Labute approximate surface area is 172 Å². The third-order valence-electron chi connectivity index (χ3n) is 5.25. The van der Waals surface area contributed by atoms with Crippen molar-refractivity contribution in [1.82, 2.24) is 15.0 Å². The minimum Gasteiger partial charge on any atom is -0.339 e. The molecule has 0 saturated carbocycles. The van der Waals surface area contributed by atoms with E-state index in [1.54, 1.807) is 31.2 Å². The number of carbonyl (C=O) groups is 1. The molecule has 0 aliphatic carbocycles. The molecule has 6 nitrogen and oxygen atoms in total. The molecule has 1 amide bonds. The molecule has 2 aromatic carbocycles. The number of nitrogens with one attached hydrogen (secondary N) is 1. The first-order valence-electron chi connectivity index (χ1n) is 9.86. The number of rotatable bonds is 5. The molecule has 2 heterocycles. The highest BCUT2D eigenvalue weighted by atomic mass is 19.1. The summed E-state index contributed by atoms with van der Waals surface area (Å²) in [5.41, 5.74) is 1.69. The SMILES string of the molecule is Cc1ccc(NC(=O)CN2CCC(c3nc(-c4ccc(F)cc4)no3)CC2)c(F)c1. The molecule has 0 atom stereocenters. The first-order chi connectivity index (χ1) is 14.5. The molecule has 1 saturated heterocycles. The van der Waals surface area contributed by atoms with Gasteiger partial charge in [0.2, 0.25) is 17.6 Å². The van der Waals surface area contributed by atoms with Crippen molar-refractivity contribution in [2.45, 2.75) is 25.7 Å². The first-order valence-corrected chi connectivity index (χ1v) is 9.86. The minimum absolute atomic E-state index is 0.112. The summed E-state index contributed by atoms with van der Waals surface area (Å²) in [7, 11) is 0. The van der Waals surface area contributed by atoms with Crippen LogP contribution in [0.2, 0.25) is 0 Å². The van der Waals surface area contributed by atoms with Crippen LogP contribution in [0.4, 0.5) is 14.5 Å². The van der Waals surface area contributed by atoms with Gasteiger partial charge in [-0.2, -0.15) is 4.98 Å². The number of anilines is 1. The van der Waals surface area contributed by atoms with E-state index in [1.807, 2.05) is 4.90 Å². The van der Waals surface area contributed by atoms with Gasteiger partial charge in [-0.15, -0.1) is 0 Å². The van der Waals surface area contributed by atoms with E-state index in [0.717, 1.165) is 18.4 Å². The Morgan fingerprint density at radius 1 is 1.17 bits per heavy atom. The summed E-state index contributed by atoms with van der Waals surface area (Å²) < 4.78 is 32.4. The quantitative estimate of drug-likeness (QED) is 0.682. The topological polar surface area (TPSA) is 71.3 Å². The lowest BCUT2D eigenvalue weighted by Crippen LogP contribution is -2.38. The van der Waals surface area contributed by atoms with Gasteiger partial charge in [0.1, 0.15) is 11.6 Å². The van der Waals surface area contributed by atoms with E-state index in [2.05, 4.69) is 15.5 Å². The molecule has 8 heteroatoms. The second-order valence-electron chi connectivity index (χ2n) is 7.55. The first kappa shape index (κ1) is 20.2. The van der Waals surface area contributed by atoms with E-state index in [4.69, 9.17) is 4.52 Å². The third-order valence-corrected chi connectivity index (χ3v) is 5.25. The Morgan fingerprint density at radius 2 is 1.90 bits per heavy atom. The van der Waals surface area contributed by atoms with Crippen LogP contribution in [-0.2, 0) is 4.79 Å². The number of hydrogen-bond acceptors (Lipinski definition) is 5. The molecular formula is C22H22F2N4O2. The highest BCUT2D eigenvalue weighted by molar-refractivity contribution is 5.92. The van der Waals surface area contributed by atoms with Gasteiger partial charge in [-0.3, -0.25) is 9.69 Å². The monoisotopic (exact) mass is 412 g/mol. The number of benzene rings is 2. The predicted octanol–water partition coefficient (Wildman–Crippen LogP) is 4.14. The molecule has 4 rings (SSSR count). The van der Waals surface area contributed by atoms with Crippen molar-refractivity contribution in [3.8, 4) is 11.4 Å². The fraction of sp³-hybridized carbons (Fsp3) is 0.318. The summed E-state index contributed by atoms with van der Waals surface area (Å²) in [5.74, 6) is 0.111. The van der Waals surface area contributed by atoms with Crippen molar-refractivity contribution in [3.05, 3.63) is 65.6 Å². The lowest BCUT2D eigenvalue weighted by molar-refractivity contribution is -0.117. The molecule has 30 heavy (non-hydrogen) atoms. The molecular weight excluding hydrogens is 390 g/mol. The Morgan fingerprint density at radius 3 is 2.60 bits per heavy atom. The maximum atomic E-state index is 13.9. The van der Waals surface area contributed by atoms with Crippen molar-refractivity contribution >= 4 is 11.6 Å². The highest BCUT2D eigenvalue weighted by Crippen LogP contribution is 2.28.